The minimum atomic E-state index is 0.640. The molecule has 0 unspecified atom stereocenters. The molecule has 4 nitrogen and oxygen atoms in total. The van der Waals surface area contributed by atoms with Gasteiger partial charge in [0.2, 0.25) is 0 Å². The zero-order chi connectivity index (χ0) is 8.97. The standard InChI is InChI=1S/C8H14N4/c1-3-12(4-2)8-7(9)5-10-6-11-8/h5-6H,3-4,9H2,1-2H3. The molecule has 0 spiro atoms. The summed E-state index contributed by atoms with van der Waals surface area (Å²) >= 11 is 0. The van der Waals surface area contributed by atoms with Crippen LogP contribution in [0.25, 0.3) is 0 Å². The summed E-state index contributed by atoms with van der Waals surface area (Å²) in [4.78, 5) is 10.0. The zero-order valence-electron chi connectivity index (χ0n) is 7.49. The summed E-state index contributed by atoms with van der Waals surface area (Å²) in [5.41, 5.74) is 6.35. The quantitative estimate of drug-likeness (QED) is 0.725. The van der Waals surface area contributed by atoms with Crippen molar-refractivity contribution in [3.8, 4) is 0 Å². The largest absolute Gasteiger partial charge is 0.394 e. The number of anilines is 2. The second kappa shape index (κ2) is 3.90. The minimum Gasteiger partial charge on any atom is -0.394 e. The molecule has 0 aliphatic carbocycles. The Hall–Kier alpha value is -1.32. The summed E-state index contributed by atoms with van der Waals surface area (Å²) in [6.07, 6.45) is 3.14. The second-order valence-electron chi connectivity index (χ2n) is 2.47. The summed E-state index contributed by atoms with van der Waals surface area (Å²) in [6.45, 7) is 5.98. The molecule has 12 heavy (non-hydrogen) atoms. The van der Waals surface area contributed by atoms with Gasteiger partial charge < -0.3 is 10.6 Å². The van der Waals surface area contributed by atoms with Crippen LogP contribution in [0.4, 0.5) is 11.5 Å². The van der Waals surface area contributed by atoms with Crippen molar-refractivity contribution in [2.45, 2.75) is 13.8 Å². The van der Waals surface area contributed by atoms with Crippen molar-refractivity contribution >= 4 is 11.5 Å². The SMILES string of the molecule is CCN(CC)c1ncncc1N. The fraction of sp³-hybridized carbons (Fsp3) is 0.500. The second-order valence-corrected chi connectivity index (χ2v) is 2.47. The van der Waals surface area contributed by atoms with Crippen molar-refractivity contribution in [1.29, 1.82) is 0 Å². The first-order chi connectivity index (χ1) is 5.79. The third-order valence-corrected chi connectivity index (χ3v) is 1.78. The first kappa shape index (κ1) is 8.77. The number of hydrogen-bond acceptors (Lipinski definition) is 4. The summed E-state index contributed by atoms with van der Waals surface area (Å²) in [7, 11) is 0. The predicted molar refractivity (Wildman–Crippen MR) is 50.0 cm³/mol. The molecule has 0 aliphatic rings. The lowest BCUT2D eigenvalue weighted by molar-refractivity contribution is 0.843. The van der Waals surface area contributed by atoms with Crippen LogP contribution in [0.15, 0.2) is 12.5 Å². The van der Waals surface area contributed by atoms with Crippen LogP contribution in [0.3, 0.4) is 0 Å². The monoisotopic (exact) mass is 166 g/mol. The highest BCUT2D eigenvalue weighted by Gasteiger charge is 2.05. The van der Waals surface area contributed by atoms with Crippen molar-refractivity contribution in [3.63, 3.8) is 0 Å². The van der Waals surface area contributed by atoms with Gasteiger partial charge in [0.05, 0.1) is 11.9 Å². The molecule has 1 aromatic heterocycles. The molecule has 0 atom stereocenters. The molecule has 0 fully saturated rings. The molecule has 0 saturated carbocycles. The Morgan fingerprint density at radius 1 is 1.42 bits per heavy atom. The number of aromatic nitrogens is 2. The molecule has 0 saturated heterocycles. The number of rotatable bonds is 3. The number of nitrogens with two attached hydrogens (primary N) is 1. The summed E-state index contributed by atoms with van der Waals surface area (Å²) < 4.78 is 0. The van der Waals surface area contributed by atoms with Crippen molar-refractivity contribution in [2.24, 2.45) is 0 Å². The number of nitrogens with zero attached hydrogens (tertiary/aromatic N) is 3. The molecule has 1 rings (SSSR count). The molecule has 0 aromatic carbocycles. The predicted octanol–water partition coefficient (Wildman–Crippen LogP) is 0.905. The molecule has 1 heterocycles. The van der Waals surface area contributed by atoms with Gasteiger partial charge in [0.15, 0.2) is 5.82 Å². The Morgan fingerprint density at radius 2 is 2.08 bits per heavy atom. The first-order valence-corrected chi connectivity index (χ1v) is 4.10. The third kappa shape index (κ3) is 1.64. The van der Waals surface area contributed by atoms with E-state index in [0.29, 0.717) is 5.69 Å². The Kier molecular flexibility index (Phi) is 2.85. The lowest BCUT2D eigenvalue weighted by Gasteiger charge is -2.20. The molecule has 0 bridgehead atoms. The molecule has 4 heteroatoms. The normalized spacial score (nSPS) is 9.83. The van der Waals surface area contributed by atoms with E-state index in [0.717, 1.165) is 18.9 Å². The van der Waals surface area contributed by atoms with Gasteiger partial charge in [0.1, 0.15) is 6.33 Å². The number of nitrogen functional groups attached to an aromatic ring is 1. The van der Waals surface area contributed by atoms with Crippen LogP contribution >= 0.6 is 0 Å². The Bertz CT molecular complexity index is 245. The van der Waals surface area contributed by atoms with Crippen LogP contribution < -0.4 is 10.6 Å². The van der Waals surface area contributed by atoms with Gasteiger partial charge >= 0.3 is 0 Å². The van der Waals surface area contributed by atoms with E-state index in [4.69, 9.17) is 5.73 Å². The molecule has 66 valence electrons. The van der Waals surface area contributed by atoms with Crippen molar-refractivity contribution in [3.05, 3.63) is 12.5 Å². The van der Waals surface area contributed by atoms with E-state index in [1.165, 1.54) is 6.33 Å². The van der Waals surface area contributed by atoms with Gasteiger partial charge in [-0.05, 0) is 13.8 Å². The fourth-order valence-corrected chi connectivity index (χ4v) is 1.12. The van der Waals surface area contributed by atoms with Crippen molar-refractivity contribution in [1.82, 2.24) is 9.97 Å². The number of hydrogen-bond donors (Lipinski definition) is 1. The van der Waals surface area contributed by atoms with Crippen molar-refractivity contribution in [2.75, 3.05) is 23.7 Å². The van der Waals surface area contributed by atoms with Gasteiger partial charge in [-0.15, -0.1) is 0 Å². The van der Waals surface area contributed by atoms with Crippen LogP contribution in [-0.2, 0) is 0 Å². The van der Waals surface area contributed by atoms with Gasteiger partial charge in [-0.25, -0.2) is 9.97 Å². The van der Waals surface area contributed by atoms with E-state index in [-0.39, 0.29) is 0 Å². The highest BCUT2D eigenvalue weighted by Crippen LogP contribution is 2.16. The Labute approximate surface area is 72.4 Å². The highest BCUT2D eigenvalue weighted by molar-refractivity contribution is 5.60. The molecule has 0 amide bonds. The average Bonchev–Trinajstić information content (AvgIpc) is 2.10. The van der Waals surface area contributed by atoms with Crippen LogP contribution in [0, 0.1) is 0 Å². The van der Waals surface area contributed by atoms with E-state index in [1.54, 1.807) is 6.20 Å². The van der Waals surface area contributed by atoms with E-state index in [2.05, 4.69) is 28.7 Å². The van der Waals surface area contributed by atoms with Crippen LogP contribution in [0.2, 0.25) is 0 Å². The smallest absolute Gasteiger partial charge is 0.155 e. The maximum atomic E-state index is 5.71. The molecule has 2 N–H and O–H groups in total. The zero-order valence-corrected chi connectivity index (χ0v) is 7.49. The van der Waals surface area contributed by atoms with Gasteiger partial charge in [-0.1, -0.05) is 0 Å². The van der Waals surface area contributed by atoms with Gasteiger partial charge in [-0.2, -0.15) is 0 Å². The first-order valence-electron chi connectivity index (χ1n) is 4.10. The molecule has 0 aliphatic heterocycles. The fourth-order valence-electron chi connectivity index (χ4n) is 1.12. The lowest BCUT2D eigenvalue weighted by atomic mass is 10.4. The lowest BCUT2D eigenvalue weighted by Crippen LogP contribution is -2.24. The minimum absolute atomic E-state index is 0.640. The van der Waals surface area contributed by atoms with Crippen LogP contribution in [0.1, 0.15) is 13.8 Å². The van der Waals surface area contributed by atoms with Gasteiger partial charge in [0, 0.05) is 13.1 Å². The topological polar surface area (TPSA) is 55.0 Å². The van der Waals surface area contributed by atoms with Gasteiger partial charge in [-0.3, -0.25) is 0 Å². The van der Waals surface area contributed by atoms with Crippen molar-refractivity contribution < 1.29 is 0 Å². The maximum Gasteiger partial charge on any atom is 0.155 e. The molecular weight excluding hydrogens is 152 g/mol. The van der Waals surface area contributed by atoms with E-state index in [1.807, 2.05) is 0 Å². The average molecular weight is 166 g/mol. The van der Waals surface area contributed by atoms with Gasteiger partial charge in [0.25, 0.3) is 0 Å². The molecule has 0 radical (unpaired) electrons. The van der Waals surface area contributed by atoms with Crippen LogP contribution in [-0.4, -0.2) is 23.1 Å². The molecule has 1 aromatic rings. The third-order valence-electron chi connectivity index (χ3n) is 1.78. The summed E-state index contributed by atoms with van der Waals surface area (Å²) in [6, 6.07) is 0. The highest BCUT2D eigenvalue weighted by atomic mass is 15.2. The van der Waals surface area contributed by atoms with E-state index < -0.39 is 0 Å². The van der Waals surface area contributed by atoms with E-state index in [9.17, 15) is 0 Å². The summed E-state index contributed by atoms with van der Waals surface area (Å²) in [5, 5.41) is 0. The summed E-state index contributed by atoms with van der Waals surface area (Å²) in [5.74, 6) is 0.829. The Morgan fingerprint density at radius 3 is 2.58 bits per heavy atom. The maximum absolute atomic E-state index is 5.71. The van der Waals surface area contributed by atoms with E-state index >= 15 is 0 Å². The Balaban J connectivity index is 2.92. The molecular formula is C8H14N4. The van der Waals surface area contributed by atoms with Crippen LogP contribution in [0.5, 0.6) is 0 Å².